The number of hydrogen-bond donors (Lipinski definition) is 0. The van der Waals surface area contributed by atoms with E-state index in [-0.39, 0.29) is 0 Å². The second-order valence-electron chi connectivity index (χ2n) is 3.94. The van der Waals surface area contributed by atoms with Gasteiger partial charge in [-0.2, -0.15) is 8.42 Å². The average molecular weight is 224 g/mol. The number of nitrogens with zero attached hydrogens (tertiary/aromatic N) is 2. The number of rotatable bonds is 0. The number of benzene rings is 1. The number of aryl methyl sites for hydroxylation is 1. The van der Waals surface area contributed by atoms with E-state index in [9.17, 15) is 8.42 Å². The molecule has 80 valence electrons. The maximum absolute atomic E-state index is 12.0. The summed E-state index contributed by atoms with van der Waals surface area (Å²) in [6.45, 7) is 0.608. The van der Waals surface area contributed by atoms with Gasteiger partial charge in [0.15, 0.2) is 0 Å². The molecule has 4 nitrogen and oxygen atoms in total. The lowest BCUT2D eigenvalue weighted by molar-refractivity contribution is 0.589. The highest BCUT2D eigenvalue weighted by Crippen LogP contribution is 2.44. The molecule has 0 N–H and O–H groups in total. The zero-order valence-electron chi connectivity index (χ0n) is 8.47. The Labute approximate surface area is 89.3 Å². The summed E-state index contributed by atoms with van der Waals surface area (Å²) in [6, 6.07) is 5.80. The zero-order valence-corrected chi connectivity index (χ0v) is 9.29. The first-order chi connectivity index (χ1) is 7.12. The highest BCUT2D eigenvalue weighted by Gasteiger charge is 2.40. The van der Waals surface area contributed by atoms with Gasteiger partial charge in [-0.1, -0.05) is 12.1 Å². The highest BCUT2D eigenvalue weighted by atomic mass is 32.2. The van der Waals surface area contributed by atoms with Crippen molar-refractivity contribution >= 4 is 21.6 Å². The van der Waals surface area contributed by atoms with Crippen LogP contribution in [0.25, 0.3) is 0 Å². The van der Waals surface area contributed by atoms with Crippen molar-refractivity contribution in [1.29, 1.82) is 0 Å². The van der Waals surface area contributed by atoms with Crippen molar-refractivity contribution in [1.82, 2.24) is 0 Å². The summed E-state index contributed by atoms with van der Waals surface area (Å²) in [5.41, 5.74) is 2.85. The highest BCUT2D eigenvalue weighted by molar-refractivity contribution is 7.94. The van der Waals surface area contributed by atoms with Crippen LogP contribution in [0.1, 0.15) is 12.0 Å². The van der Waals surface area contributed by atoms with Crippen molar-refractivity contribution in [2.24, 2.45) is 0 Å². The smallest absolute Gasteiger partial charge is 0.254 e. The first-order valence-electron chi connectivity index (χ1n) is 5.01. The van der Waals surface area contributed by atoms with Crippen LogP contribution >= 0.6 is 0 Å². The average Bonchev–Trinajstić information content (AvgIpc) is 2.43. The Bertz CT molecular complexity index is 524. The van der Waals surface area contributed by atoms with E-state index in [2.05, 4.69) is 0 Å². The molecule has 0 saturated heterocycles. The molecule has 3 rings (SSSR count). The van der Waals surface area contributed by atoms with E-state index < -0.39 is 10.2 Å². The number of hydrogen-bond acceptors (Lipinski definition) is 2. The molecular weight excluding hydrogens is 212 g/mol. The third kappa shape index (κ3) is 0.985. The lowest BCUT2D eigenvalue weighted by Crippen LogP contribution is -2.37. The lowest BCUT2D eigenvalue weighted by atomic mass is 10.0. The van der Waals surface area contributed by atoms with Gasteiger partial charge in [-0.25, -0.2) is 0 Å². The topological polar surface area (TPSA) is 40.6 Å². The zero-order chi connectivity index (χ0) is 10.6. The van der Waals surface area contributed by atoms with Crippen LogP contribution < -0.4 is 8.61 Å². The molecule has 0 aliphatic carbocycles. The minimum absolute atomic E-state index is 0.608. The third-order valence-corrected chi connectivity index (χ3v) is 4.93. The predicted molar refractivity (Wildman–Crippen MR) is 59.4 cm³/mol. The van der Waals surface area contributed by atoms with E-state index in [1.54, 1.807) is 7.05 Å². The van der Waals surface area contributed by atoms with Crippen molar-refractivity contribution in [2.75, 3.05) is 22.2 Å². The maximum Gasteiger partial charge on any atom is 0.326 e. The van der Waals surface area contributed by atoms with Gasteiger partial charge in [0.25, 0.3) is 0 Å². The van der Waals surface area contributed by atoms with Gasteiger partial charge in [0, 0.05) is 13.6 Å². The molecular formula is C10H12N2O2S. The third-order valence-electron chi connectivity index (χ3n) is 3.12. The quantitative estimate of drug-likeness (QED) is 0.663. The summed E-state index contributed by atoms with van der Waals surface area (Å²) in [5.74, 6) is 0. The van der Waals surface area contributed by atoms with Crippen molar-refractivity contribution in [3.05, 3.63) is 23.8 Å². The molecule has 5 heteroatoms. The first-order valence-corrected chi connectivity index (χ1v) is 6.40. The van der Waals surface area contributed by atoms with Crippen LogP contribution in [0.5, 0.6) is 0 Å². The van der Waals surface area contributed by atoms with Crippen LogP contribution in [0.4, 0.5) is 11.4 Å². The minimum Gasteiger partial charge on any atom is -0.254 e. The summed E-state index contributed by atoms with van der Waals surface area (Å²) in [6.07, 6.45) is 1.88. The van der Waals surface area contributed by atoms with Crippen LogP contribution in [0, 0.1) is 0 Å². The Kier molecular flexibility index (Phi) is 1.60. The fourth-order valence-electron chi connectivity index (χ4n) is 2.35. The van der Waals surface area contributed by atoms with Gasteiger partial charge in [0.1, 0.15) is 0 Å². The van der Waals surface area contributed by atoms with Gasteiger partial charge in [0.05, 0.1) is 11.4 Å². The normalized spacial score (nSPS) is 21.7. The Morgan fingerprint density at radius 3 is 2.93 bits per heavy atom. The van der Waals surface area contributed by atoms with Crippen LogP contribution in [0.3, 0.4) is 0 Å². The van der Waals surface area contributed by atoms with E-state index in [1.165, 1.54) is 8.61 Å². The summed E-state index contributed by atoms with van der Waals surface area (Å²) < 4.78 is 26.9. The molecule has 2 aliphatic heterocycles. The molecule has 0 saturated carbocycles. The Balaban J connectivity index is 2.35. The van der Waals surface area contributed by atoms with Gasteiger partial charge in [-0.3, -0.25) is 8.61 Å². The summed E-state index contributed by atoms with van der Waals surface area (Å²) >= 11 is 0. The number of para-hydroxylation sites is 1. The summed E-state index contributed by atoms with van der Waals surface area (Å²) in [4.78, 5) is 0. The fourth-order valence-corrected chi connectivity index (χ4v) is 3.84. The Hall–Kier alpha value is -1.23. The molecule has 0 spiro atoms. The molecule has 0 aromatic heterocycles. The van der Waals surface area contributed by atoms with Gasteiger partial charge in [-0.05, 0) is 24.5 Å². The largest absolute Gasteiger partial charge is 0.326 e. The van der Waals surface area contributed by atoms with Crippen LogP contribution in [-0.2, 0) is 16.6 Å². The molecule has 0 amide bonds. The monoisotopic (exact) mass is 224 g/mol. The molecule has 0 bridgehead atoms. The summed E-state index contributed by atoms with van der Waals surface area (Å²) in [7, 11) is -1.67. The minimum atomic E-state index is -3.28. The van der Waals surface area contributed by atoms with Crippen LogP contribution in [0.15, 0.2) is 18.2 Å². The van der Waals surface area contributed by atoms with Gasteiger partial charge in [0.2, 0.25) is 0 Å². The van der Waals surface area contributed by atoms with Gasteiger partial charge >= 0.3 is 10.2 Å². The van der Waals surface area contributed by atoms with Gasteiger partial charge in [-0.15, -0.1) is 0 Å². The van der Waals surface area contributed by atoms with E-state index in [4.69, 9.17) is 0 Å². The first kappa shape index (κ1) is 9.03. The predicted octanol–water partition coefficient (Wildman–Crippen LogP) is 1.13. The molecule has 2 heterocycles. The number of anilines is 2. The van der Waals surface area contributed by atoms with E-state index in [1.807, 2.05) is 18.2 Å². The van der Waals surface area contributed by atoms with Crippen LogP contribution in [0.2, 0.25) is 0 Å². The van der Waals surface area contributed by atoms with E-state index in [0.29, 0.717) is 6.54 Å². The Morgan fingerprint density at radius 2 is 2.13 bits per heavy atom. The molecule has 0 atom stereocenters. The second kappa shape index (κ2) is 2.66. The Morgan fingerprint density at radius 1 is 1.33 bits per heavy atom. The standard InChI is InChI=1S/C10H12N2O2S/c1-11-9-6-2-4-8-5-3-7-12(10(8)9)15(11,13)14/h2,4,6H,3,5,7H2,1H3. The van der Waals surface area contributed by atoms with E-state index in [0.717, 1.165) is 29.8 Å². The maximum atomic E-state index is 12.0. The summed E-state index contributed by atoms with van der Waals surface area (Å²) in [5, 5.41) is 0. The van der Waals surface area contributed by atoms with Crippen molar-refractivity contribution < 1.29 is 8.42 Å². The second-order valence-corrected chi connectivity index (χ2v) is 5.82. The molecule has 0 fully saturated rings. The van der Waals surface area contributed by atoms with E-state index >= 15 is 0 Å². The van der Waals surface area contributed by atoms with Crippen LogP contribution in [-0.4, -0.2) is 22.0 Å². The molecule has 1 aromatic carbocycles. The van der Waals surface area contributed by atoms with Crippen molar-refractivity contribution in [3.8, 4) is 0 Å². The lowest BCUT2D eigenvalue weighted by Gasteiger charge is -2.24. The van der Waals surface area contributed by atoms with Crippen molar-refractivity contribution in [3.63, 3.8) is 0 Å². The molecule has 0 radical (unpaired) electrons. The van der Waals surface area contributed by atoms with Crippen molar-refractivity contribution in [2.45, 2.75) is 12.8 Å². The molecule has 0 unspecified atom stereocenters. The van der Waals surface area contributed by atoms with Gasteiger partial charge < -0.3 is 0 Å². The fraction of sp³-hybridized carbons (Fsp3) is 0.400. The molecule has 2 aliphatic rings. The SMILES string of the molecule is CN1c2cccc3c2N(CCC3)S1(=O)=O. The molecule has 1 aromatic rings. The molecule has 15 heavy (non-hydrogen) atoms.